The Balaban J connectivity index is 2.66. The van der Waals surface area contributed by atoms with E-state index in [1.54, 1.807) is 0 Å². The van der Waals surface area contributed by atoms with Crippen molar-refractivity contribution < 1.29 is 0 Å². The largest absolute Gasteiger partial charge is 0.261 e. The summed E-state index contributed by atoms with van der Waals surface area (Å²) in [5, 5.41) is 0. The molecular formula is C8H12N2S. The predicted molar refractivity (Wildman–Crippen MR) is 49.0 cm³/mol. The number of hydrazine groups is 1. The lowest BCUT2D eigenvalue weighted by Gasteiger charge is -1.99. The molecule has 0 aromatic heterocycles. The van der Waals surface area contributed by atoms with Gasteiger partial charge in [-0.15, -0.1) is 0 Å². The van der Waals surface area contributed by atoms with Gasteiger partial charge in [0.25, 0.3) is 0 Å². The van der Waals surface area contributed by atoms with Crippen LogP contribution in [0.2, 0.25) is 0 Å². The van der Waals surface area contributed by atoms with Gasteiger partial charge in [-0.05, 0) is 36.1 Å². The maximum absolute atomic E-state index is 5.14. The fourth-order valence-electron chi connectivity index (χ4n) is 0.861. The maximum Gasteiger partial charge on any atom is 0.0240 e. The van der Waals surface area contributed by atoms with Gasteiger partial charge in [0.15, 0.2) is 0 Å². The quantitative estimate of drug-likeness (QED) is 0.410. The molecule has 0 atom stereocenters. The number of nitrogens with one attached hydrogen (secondary N) is 1. The van der Waals surface area contributed by atoms with Crippen molar-refractivity contribution in [1.29, 1.82) is 0 Å². The van der Waals surface area contributed by atoms with Gasteiger partial charge in [0, 0.05) is 4.90 Å². The van der Waals surface area contributed by atoms with Crippen LogP contribution in [0.1, 0.15) is 12.5 Å². The van der Waals surface area contributed by atoms with Crippen molar-refractivity contribution in [1.82, 2.24) is 4.83 Å². The van der Waals surface area contributed by atoms with Gasteiger partial charge in [0.2, 0.25) is 0 Å². The molecule has 0 fully saturated rings. The first-order valence-electron chi connectivity index (χ1n) is 3.58. The zero-order valence-electron chi connectivity index (χ0n) is 6.50. The first-order valence-corrected chi connectivity index (χ1v) is 4.40. The van der Waals surface area contributed by atoms with Crippen LogP contribution in [0.15, 0.2) is 29.2 Å². The van der Waals surface area contributed by atoms with Gasteiger partial charge in [-0.25, -0.2) is 0 Å². The van der Waals surface area contributed by atoms with Crippen molar-refractivity contribution >= 4 is 11.9 Å². The molecule has 3 N–H and O–H groups in total. The number of hydrogen-bond acceptors (Lipinski definition) is 3. The van der Waals surface area contributed by atoms with E-state index in [4.69, 9.17) is 5.84 Å². The molecule has 0 saturated heterocycles. The Morgan fingerprint density at radius 2 is 2.00 bits per heavy atom. The fraction of sp³-hybridized carbons (Fsp3) is 0.250. The van der Waals surface area contributed by atoms with Crippen molar-refractivity contribution in [2.24, 2.45) is 5.84 Å². The predicted octanol–water partition coefficient (Wildman–Crippen LogP) is 1.72. The van der Waals surface area contributed by atoms with Gasteiger partial charge in [-0.1, -0.05) is 19.1 Å². The topological polar surface area (TPSA) is 38.0 Å². The van der Waals surface area contributed by atoms with Gasteiger partial charge in [0.05, 0.1) is 0 Å². The van der Waals surface area contributed by atoms with Crippen LogP contribution in [0.4, 0.5) is 0 Å². The first-order chi connectivity index (χ1) is 5.36. The van der Waals surface area contributed by atoms with Gasteiger partial charge in [-0.3, -0.25) is 5.84 Å². The van der Waals surface area contributed by atoms with Crippen LogP contribution in [0, 0.1) is 0 Å². The molecule has 1 rings (SSSR count). The molecule has 0 spiro atoms. The highest BCUT2D eigenvalue weighted by Gasteiger charge is 1.91. The molecule has 2 nitrogen and oxygen atoms in total. The van der Waals surface area contributed by atoms with Crippen LogP contribution in [0.25, 0.3) is 0 Å². The van der Waals surface area contributed by atoms with E-state index in [1.807, 2.05) is 0 Å². The lowest BCUT2D eigenvalue weighted by molar-refractivity contribution is 1.10. The van der Waals surface area contributed by atoms with E-state index in [1.165, 1.54) is 17.5 Å². The summed E-state index contributed by atoms with van der Waals surface area (Å²) in [4.78, 5) is 3.68. The second-order valence-corrected chi connectivity index (χ2v) is 3.13. The lowest BCUT2D eigenvalue weighted by Crippen LogP contribution is -2.10. The zero-order valence-corrected chi connectivity index (χ0v) is 7.32. The molecule has 0 aliphatic rings. The fourth-order valence-corrected chi connectivity index (χ4v) is 1.27. The highest BCUT2D eigenvalue weighted by Crippen LogP contribution is 2.13. The highest BCUT2D eigenvalue weighted by molar-refractivity contribution is 7.97. The molecule has 0 bridgehead atoms. The second-order valence-electron chi connectivity index (χ2n) is 2.22. The molecule has 0 unspecified atom stereocenters. The van der Waals surface area contributed by atoms with Crippen LogP contribution in [-0.2, 0) is 6.42 Å². The summed E-state index contributed by atoms with van der Waals surface area (Å²) >= 11 is 1.42. The maximum atomic E-state index is 5.14. The molecule has 0 amide bonds. The summed E-state index contributed by atoms with van der Waals surface area (Å²) in [6.07, 6.45) is 1.08. The molecule has 0 aliphatic heterocycles. The van der Waals surface area contributed by atoms with E-state index in [9.17, 15) is 0 Å². The molecule has 0 aliphatic carbocycles. The molecule has 0 saturated carbocycles. The van der Waals surface area contributed by atoms with Crippen molar-refractivity contribution in [2.45, 2.75) is 18.2 Å². The molecular weight excluding hydrogens is 156 g/mol. The minimum absolute atomic E-state index is 1.08. The Bertz CT molecular complexity index is 208. The van der Waals surface area contributed by atoms with Crippen molar-refractivity contribution in [3.05, 3.63) is 29.8 Å². The molecule has 3 heteroatoms. The van der Waals surface area contributed by atoms with Gasteiger partial charge >= 0.3 is 0 Å². The van der Waals surface area contributed by atoms with E-state index in [2.05, 4.69) is 36.0 Å². The van der Waals surface area contributed by atoms with Crippen LogP contribution in [0.3, 0.4) is 0 Å². The Morgan fingerprint density at radius 3 is 2.45 bits per heavy atom. The van der Waals surface area contributed by atoms with Gasteiger partial charge < -0.3 is 0 Å². The smallest absolute Gasteiger partial charge is 0.0240 e. The number of aryl methyl sites for hydroxylation is 1. The molecule has 60 valence electrons. The Kier molecular flexibility index (Phi) is 3.42. The average Bonchev–Trinajstić information content (AvgIpc) is 2.07. The third kappa shape index (κ3) is 2.54. The number of hydrogen-bond donors (Lipinski definition) is 2. The van der Waals surface area contributed by atoms with E-state index in [0.717, 1.165) is 11.3 Å². The van der Waals surface area contributed by atoms with Crippen molar-refractivity contribution in [2.75, 3.05) is 0 Å². The normalized spacial score (nSPS) is 10.0. The lowest BCUT2D eigenvalue weighted by atomic mass is 10.2. The highest BCUT2D eigenvalue weighted by atomic mass is 32.2. The summed E-state index contributed by atoms with van der Waals surface area (Å²) in [7, 11) is 0. The van der Waals surface area contributed by atoms with Crippen LogP contribution in [0.5, 0.6) is 0 Å². The molecule has 1 aromatic rings. The second kappa shape index (κ2) is 4.38. The van der Waals surface area contributed by atoms with Crippen molar-refractivity contribution in [3.8, 4) is 0 Å². The summed E-state index contributed by atoms with van der Waals surface area (Å²) < 4.78 is 0. The van der Waals surface area contributed by atoms with E-state index in [-0.39, 0.29) is 0 Å². The third-order valence-electron chi connectivity index (χ3n) is 1.51. The Labute approximate surface area is 71.3 Å². The summed E-state index contributed by atoms with van der Waals surface area (Å²) in [5.41, 5.74) is 1.35. The minimum atomic E-state index is 1.08. The number of benzene rings is 1. The van der Waals surface area contributed by atoms with Crippen LogP contribution >= 0.6 is 11.9 Å². The Hall–Kier alpha value is -0.510. The van der Waals surface area contributed by atoms with Crippen molar-refractivity contribution in [3.63, 3.8) is 0 Å². The Morgan fingerprint density at radius 1 is 1.36 bits per heavy atom. The van der Waals surface area contributed by atoms with E-state index < -0.39 is 0 Å². The third-order valence-corrected chi connectivity index (χ3v) is 2.13. The summed E-state index contributed by atoms with van der Waals surface area (Å²) in [5.74, 6) is 5.14. The number of nitrogens with two attached hydrogens (primary N) is 1. The summed E-state index contributed by atoms with van der Waals surface area (Å²) in [6.45, 7) is 2.14. The summed E-state index contributed by atoms with van der Waals surface area (Å²) in [6, 6.07) is 8.34. The van der Waals surface area contributed by atoms with E-state index in [0.29, 0.717) is 0 Å². The minimum Gasteiger partial charge on any atom is -0.261 e. The van der Waals surface area contributed by atoms with Crippen LogP contribution in [-0.4, -0.2) is 0 Å². The molecule has 11 heavy (non-hydrogen) atoms. The zero-order chi connectivity index (χ0) is 8.10. The van der Waals surface area contributed by atoms with Crippen LogP contribution < -0.4 is 10.7 Å². The van der Waals surface area contributed by atoms with E-state index >= 15 is 0 Å². The molecule has 0 radical (unpaired) electrons. The molecule has 1 aromatic carbocycles. The average molecular weight is 168 g/mol. The number of rotatable bonds is 3. The SMILES string of the molecule is CCc1ccc(SNN)cc1. The van der Waals surface area contributed by atoms with Gasteiger partial charge in [-0.2, -0.15) is 4.83 Å². The standard InChI is InChI=1S/C8H12N2S/c1-2-7-3-5-8(6-4-7)11-10-9/h3-6,10H,2,9H2,1H3. The van der Waals surface area contributed by atoms with Gasteiger partial charge in [0.1, 0.15) is 0 Å². The monoisotopic (exact) mass is 168 g/mol. The first kappa shape index (κ1) is 8.59. The molecule has 0 heterocycles.